The minimum atomic E-state index is -0.966. The molecule has 19 heavy (non-hydrogen) atoms. The Bertz CT molecular complexity index is 628. The number of halogens is 4. The molecule has 3 nitrogen and oxygen atoms in total. The minimum absolute atomic E-state index is 0.110. The van der Waals surface area contributed by atoms with Crippen LogP contribution in [0.25, 0.3) is 0 Å². The highest BCUT2D eigenvalue weighted by Crippen LogP contribution is 2.21. The molecular formula is C12H6BrClF2N2O. The standard InChI is InChI=1S/C12H6BrClF2N2O/c13-6-3-8(15)11(9(16)4-6)12(19)18-10-5-7(14)1-2-17-10/h1-5H,(H,17,18,19). The van der Waals surface area contributed by atoms with E-state index in [4.69, 9.17) is 11.6 Å². The van der Waals surface area contributed by atoms with Crippen molar-refractivity contribution < 1.29 is 13.6 Å². The maximum Gasteiger partial charge on any atom is 0.262 e. The zero-order valence-electron chi connectivity index (χ0n) is 9.25. The lowest BCUT2D eigenvalue weighted by atomic mass is 10.2. The summed E-state index contributed by atoms with van der Waals surface area (Å²) in [5.74, 6) is -2.76. The molecule has 0 saturated heterocycles. The van der Waals surface area contributed by atoms with Crippen LogP contribution in [0.4, 0.5) is 14.6 Å². The minimum Gasteiger partial charge on any atom is -0.306 e. The van der Waals surface area contributed by atoms with Gasteiger partial charge in [-0.05, 0) is 24.3 Å². The smallest absolute Gasteiger partial charge is 0.262 e. The summed E-state index contributed by atoms with van der Waals surface area (Å²) in [6, 6.07) is 4.89. The predicted octanol–water partition coefficient (Wildman–Crippen LogP) is 4.03. The molecular weight excluding hydrogens is 341 g/mol. The van der Waals surface area contributed by atoms with Crippen LogP contribution in [0.2, 0.25) is 5.02 Å². The maximum atomic E-state index is 13.6. The van der Waals surface area contributed by atoms with Gasteiger partial charge in [-0.25, -0.2) is 13.8 Å². The summed E-state index contributed by atoms with van der Waals surface area (Å²) in [4.78, 5) is 15.6. The molecule has 0 atom stereocenters. The summed E-state index contributed by atoms with van der Waals surface area (Å²) in [6.45, 7) is 0. The van der Waals surface area contributed by atoms with Gasteiger partial charge in [0.1, 0.15) is 23.0 Å². The van der Waals surface area contributed by atoms with Gasteiger partial charge in [-0.1, -0.05) is 27.5 Å². The highest BCUT2D eigenvalue weighted by atomic mass is 79.9. The quantitative estimate of drug-likeness (QED) is 0.891. The van der Waals surface area contributed by atoms with E-state index in [1.807, 2.05) is 0 Å². The lowest BCUT2D eigenvalue weighted by Gasteiger charge is -2.07. The van der Waals surface area contributed by atoms with E-state index in [1.165, 1.54) is 18.3 Å². The first-order valence-electron chi connectivity index (χ1n) is 5.05. The van der Waals surface area contributed by atoms with Crippen LogP contribution in [0.5, 0.6) is 0 Å². The summed E-state index contributed by atoms with van der Waals surface area (Å²) in [5, 5.41) is 2.62. The van der Waals surface area contributed by atoms with Crippen LogP contribution in [0.1, 0.15) is 10.4 Å². The Morgan fingerprint density at radius 3 is 2.47 bits per heavy atom. The molecule has 0 aliphatic carbocycles. The first-order valence-corrected chi connectivity index (χ1v) is 6.22. The molecule has 98 valence electrons. The van der Waals surface area contributed by atoms with Crippen LogP contribution in [0.15, 0.2) is 34.9 Å². The number of rotatable bonds is 2. The van der Waals surface area contributed by atoms with Crippen LogP contribution in [0, 0.1) is 11.6 Å². The van der Waals surface area contributed by atoms with Crippen LogP contribution in [0.3, 0.4) is 0 Å². The summed E-state index contributed by atoms with van der Waals surface area (Å²) >= 11 is 8.64. The van der Waals surface area contributed by atoms with Crippen molar-refractivity contribution in [3.05, 3.63) is 57.2 Å². The molecule has 0 radical (unpaired) electrons. The van der Waals surface area contributed by atoms with Crippen molar-refractivity contribution in [3.63, 3.8) is 0 Å². The molecule has 0 bridgehead atoms. The number of nitrogens with zero attached hydrogens (tertiary/aromatic N) is 1. The molecule has 0 unspecified atom stereocenters. The second-order valence-electron chi connectivity index (χ2n) is 3.56. The van der Waals surface area contributed by atoms with E-state index in [1.54, 1.807) is 0 Å². The van der Waals surface area contributed by atoms with E-state index in [2.05, 4.69) is 26.2 Å². The fourth-order valence-corrected chi connectivity index (χ4v) is 1.97. The second-order valence-corrected chi connectivity index (χ2v) is 4.91. The van der Waals surface area contributed by atoms with E-state index in [0.717, 1.165) is 12.1 Å². The molecule has 0 aliphatic heterocycles. The van der Waals surface area contributed by atoms with Crippen LogP contribution >= 0.6 is 27.5 Å². The number of anilines is 1. The molecule has 0 saturated carbocycles. The van der Waals surface area contributed by atoms with Gasteiger partial charge >= 0.3 is 0 Å². The number of benzene rings is 1. The molecule has 1 amide bonds. The highest BCUT2D eigenvalue weighted by molar-refractivity contribution is 9.10. The van der Waals surface area contributed by atoms with E-state index >= 15 is 0 Å². The van der Waals surface area contributed by atoms with Crippen LogP contribution in [-0.4, -0.2) is 10.9 Å². The number of hydrogen-bond donors (Lipinski definition) is 1. The van der Waals surface area contributed by atoms with Gasteiger partial charge in [0.25, 0.3) is 5.91 Å². The van der Waals surface area contributed by atoms with Crippen LogP contribution < -0.4 is 5.32 Å². The molecule has 1 aromatic carbocycles. The largest absolute Gasteiger partial charge is 0.306 e. The molecule has 1 heterocycles. The van der Waals surface area contributed by atoms with E-state index in [-0.39, 0.29) is 10.3 Å². The van der Waals surface area contributed by atoms with Crippen molar-refractivity contribution in [2.24, 2.45) is 0 Å². The molecule has 2 rings (SSSR count). The van der Waals surface area contributed by atoms with E-state index in [9.17, 15) is 13.6 Å². The molecule has 7 heteroatoms. The van der Waals surface area contributed by atoms with Gasteiger partial charge in [0.05, 0.1) is 0 Å². The summed E-state index contributed by atoms with van der Waals surface area (Å²) in [7, 11) is 0. The summed E-state index contributed by atoms with van der Waals surface area (Å²) in [6.07, 6.45) is 1.37. The molecule has 1 aromatic heterocycles. The topological polar surface area (TPSA) is 42.0 Å². The fraction of sp³-hybridized carbons (Fsp3) is 0. The van der Waals surface area contributed by atoms with E-state index < -0.39 is 23.1 Å². The van der Waals surface area contributed by atoms with Gasteiger partial charge in [0.15, 0.2) is 0 Å². The summed E-state index contributed by atoms with van der Waals surface area (Å²) in [5.41, 5.74) is -0.676. The Kier molecular flexibility index (Phi) is 4.11. The zero-order valence-corrected chi connectivity index (χ0v) is 11.6. The average Bonchev–Trinajstić information content (AvgIpc) is 2.27. The second kappa shape index (κ2) is 5.63. The Balaban J connectivity index is 2.31. The van der Waals surface area contributed by atoms with Gasteiger partial charge in [-0.2, -0.15) is 0 Å². The van der Waals surface area contributed by atoms with Crippen molar-refractivity contribution in [3.8, 4) is 0 Å². The lowest BCUT2D eigenvalue weighted by molar-refractivity contribution is 0.101. The molecule has 0 fully saturated rings. The van der Waals surface area contributed by atoms with Crippen molar-refractivity contribution >= 4 is 39.3 Å². The van der Waals surface area contributed by atoms with Crippen molar-refractivity contribution in [2.45, 2.75) is 0 Å². The third-order valence-corrected chi connectivity index (χ3v) is 2.89. The Labute approximate surface area is 120 Å². The zero-order chi connectivity index (χ0) is 14.0. The number of hydrogen-bond acceptors (Lipinski definition) is 2. The average molecular weight is 348 g/mol. The Morgan fingerprint density at radius 1 is 1.26 bits per heavy atom. The van der Waals surface area contributed by atoms with Crippen molar-refractivity contribution in [1.29, 1.82) is 0 Å². The highest BCUT2D eigenvalue weighted by Gasteiger charge is 2.18. The molecule has 0 spiro atoms. The normalized spacial score (nSPS) is 10.3. The molecule has 0 aliphatic rings. The number of aromatic nitrogens is 1. The predicted molar refractivity (Wildman–Crippen MR) is 71.3 cm³/mol. The third-order valence-electron chi connectivity index (χ3n) is 2.20. The number of carbonyl (C=O) groups is 1. The van der Waals surface area contributed by atoms with Gasteiger partial charge in [-0.3, -0.25) is 4.79 Å². The van der Waals surface area contributed by atoms with Crippen molar-refractivity contribution in [2.75, 3.05) is 5.32 Å². The monoisotopic (exact) mass is 346 g/mol. The first-order chi connectivity index (χ1) is 8.97. The van der Waals surface area contributed by atoms with E-state index in [0.29, 0.717) is 5.02 Å². The molecule has 1 N–H and O–H groups in total. The number of pyridine rings is 1. The number of carbonyl (C=O) groups excluding carboxylic acids is 1. The Hall–Kier alpha value is -1.53. The number of nitrogens with one attached hydrogen (secondary N) is 1. The Morgan fingerprint density at radius 2 is 1.89 bits per heavy atom. The van der Waals surface area contributed by atoms with Crippen LogP contribution in [-0.2, 0) is 0 Å². The number of amides is 1. The first kappa shape index (κ1) is 13.9. The van der Waals surface area contributed by atoms with Gasteiger partial charge in [0, 0.05) is 15.7 Å². The van der Waals surface area contributed by atoms with Gasteiger partial charge in [0.2, 0.25) is 0 Å². The SMILES string of the molecule is O=C(Nc1cc(Cl)ccn1)c1c(F)cc(Br)cc1F. The lowest BCUT2D eigenvalue weighted by Crippen LogP contribution is -2.16. The molecule has 2 aromatic rings. The van der Waals surface area contributed by atoms with Crippen molar-refractivity contribution in [1.82, 2.24) is 4.98 Å². The third kappa shape index (κ3) is 3.27. The van der Waals surface area contributed by atoms with Gasteiger partial charge < -0.3 is 5.32 Å². The summed E-state index contributed by atoms with van der Waals surface area (Å²) < 4.78 is 27.3. The van der Waals surface area contributed by atoms with Gasteiger partial charge in [-0.15, -0.1) is 0 Å². The maximum absolute atomic E-state index is 13.6. The fourth-order valence-electron chi connectivity index (χ4n) is 1.41.